The van der Waals surface area contributed by atoms with E-state index in [-0.39, 0.29) is 0 Å². The second-order valence-corrected chi connectivity index (χ2v) is 14.5. The summed E-state index contributed by atoms with van der Waals surface area (Å²) in [7, 11) is -3.13. The molecule has 1 aromatic rings. The van der Waals surface area contributed by atoms with E-state index in [9.17, 15) is 0 Å². The van der Waals surface area contributed by atoms with Gasteiger partial charge in [0.25, 0.3) is 8.32 Å². The molecule has 0 saturated heterocycles. The summed E-state index contributed by atoms with van der Waals surface area (Å²) in [5, 5.41) is 3.10. The SMILES string of the molecule is CC1=CC[Si](C)(C)c2ccccc2[Si](C)(C)O1. The minimum atomic E-state index is -1.78. The van der Waals surface area contributed by atoms with Crippen LogP contribution in [0.3, 0.4) is 0 Å². The van der Waals surface area contributed by atoms with E-state index in [0.29, 0.717) is 0 Å². The number of fused-ring (bicyclic) bond motifs is 1. The van der Waals surface area contributed by atoms with Gasteiger partial charge in [-0.3, -0.25) is 0 Å². The van der Waals surface area contributed by atoms with E-state index in [1.54, 1.807) is 5.19 Å². The summed E-state index contributed by atoms with van der Waals surface area (Å²) in [4.78, 5) is 0. The molecule has 0 aliphatic carbocycles. The summed E-state index contributed by atoms with van der Waals surface area (Å²) in [5.74, 6) is 1.12. The van der Waals surface area contributed by atoms with Gasteiger partial charge >= 0.3 is 0 Å². The van der Waals surface area contributed by atoms with Gasteiger partial charge in [0, 0.05) is 0 Å². The first kappa shape index (κ1) is 12.6. The molecular formula is C14H22OSi2. The first-order valence-corrected chi connectivity index (χ1v) is 12.4. The highest BCUT2D eigenvalue weighted by atomic mass is 28.4. The molecule has 3 heteroatoms. The van der Waals surface area contributed by atoms with Gasteiger partial charge in [-0.05, 0) is 31.2 Å². The minimum Gasteiger partial charge on any atom is -0.543 e. The largest absolute Gasteiger partial charge is 0.543 e. The first-order valence-electron chi connectivity index (χ1n) is 6.29. The summed E-state index contributed by atoms with van der Waals surface area (Å²) >= 11 is 0. The van der Waals surface area contributed by atoms with Crippen LogP contribution in [0.15, 0.2) is 36.1 Å². The molecule has 0 fully saturated rings. The zero-order valence-corrected chi connectivity index (χ0v) is 13.5. The van der Waals surface area contributed by atoms with Crippen molar-refractivity contribution in [3.8, 4) is 0 Å². The second kappa shape index (κ2) is 4.14. The van der Waals surface area contributed by atoms with Crippen LogP contribution in [0.5, 0.6) is 0 Å². The highest BCUT2D eigenvalue weighted by molar-refractivity contribution is 6.97. The molecule has 1 aliphatic heterocycles. The zero-order chi connectivity index (χ0) is 12.7. The Morgan fingerprint density at radius 2 is 1.59 bits per heavy atom. The van der Waals surface area contributed by atoms with Crippen LogP contribution in [0.4, 0.5) is 0 Å². The van der Waals surface area contributed by atoms with Crippen molar-refractivity contribution in [2.45, 2.75) is 39.2 Å². The van der Waals surface area contributed by atoms with Crippen LogP contribution in [-0.2, 0) is 4.43 Å². The van der Waals surface area contributed by atoms with E-state index in [1.165, 1.54) is 11.2 Å². The van der Waals surface area contributed by atoms with Gasteiger partial charge in [0.05, 0.1) is 13.8 Å². The summed E-state index contributed by atoms with van der Waals surface area (Å²) in [5.41, 5.74) is 0. The van der Waals surface area contributed by atoms with Crippen molar-refractivity contribution < 1.29 is 4.43 Å². The van der Waals surface area contributed by atoms with Gasteiger partial charge in [0.15, 0.2) is 0 Å². The lowest BCUT2D eigenvalue weighted by molar-refractivity contribution is 0.428. The van der Waals surface area contributed by atoms with Gasteiger partial charge in [-0.2, -0.15) is 0 Å². The van der Waals surface area contributed by atoms with Crippen LogP contribution in [0.1, 0.15) is 6.92 Å². The average molecular weight is 263 g/mol. The number of benzene rings is 1. The standard InChI is InChI=1S/C14H22OSi2/c1-12-10-11-16(2,3)13-8-6-7-9-14(13)17(4,5)15-12/h6-10H,11H2,1-5H3. The molecule has 2 rings (SSSR count). The molecule has 0 atom stereocenters. The molecule has 0 N–H and O–H groups in total. The third-order valence-electron chi connectivity index (χ3n) is 3.62. The minimum absolute atomic E-state index is 1.12. The monoisotopic (exact) mass is 262 g/mol. The van der Waals surface area contributed by atoms with Gasteiger partial charge in [0.1, 0.15) is 0 Å². The molecule has 1 aromatic carbocycles. The van der Waals surface area contributed by atoms with E-state index in [2.05, 4.69) is 63.5 Å². The van der Waals surface area contributed by atoms with Crippen molar-refractivity contribution in [1.82, 2.24) is 0 Å². The van der Waals surface area contributed by atoms with Crippen LogP contribution in [0.25, 0.3) is 0 Å². The van der Waals surface area contributed by atoms with Crippen LogP contribution < -0.4 is 10.4 Å². The molecule has 1 nitrogen and oxygen atoms in total. The van der Waals surface area contributed by atoms with Crippen LogP contribution in [0.2, 0.25) is 32.2 Å². The van der Waals surface area contributed by atoms with Crippen molar-refractivity contribution in [3.63, 3.8) is 0 Å². The average Bonchev–Trinajstić information content (AvgIpc) is 2.25. The first-order chi connectivity index (χ1) is 7.83. The topological polar surface area (TPSA) is 9.23 Å². The van der Waals surface area contributed by atoms with Crippen LogP contribution in [-0.4, -0.2) is 16.4 Å². The van der Waals surface area contributed by atoms with Crippen molar-refractivity contribution in [2.24, 2.45) is 0 Å². The Labute approximate surface area is 107 Å². The van der Waals surface area contributed by atoms with Crippen molar-refractivity contribution in [3.05, 3.63) is 36.1 Å². The van der Waals surface area contributed by atoms with Gasteiger partial charge in [-0.15, -0.1) is 0 Å². The highest BCUT2D eigenvalue weighted by Gasteiger charge is 2.36. The Morgan fingerprint density at radius 3 is 2.24 bits per heavy atom. The maximum Gasteiger partial charge on any atom is 0.276 e. The molecule has 0 bridgehead atoms. The van der Waals surface area contributed by atoms with E-state index < -0.39 is 16.4 Å². The van der Waals surface area contributed by atoms with Crippen LogP contribution in [0, 0.1) is 0 Å². The predicted octanol–water partition coefficient (Wildman–Crippen LogP) is 2.95. The maximum absolute atomic E-state index is 6.22. The highest BCUT2D eigenvalue weighted by Crippen LogP contribution is 2.20. The number of hydrogen-bond donors (Lipinski definition) is 0. The Morgan fingerprint density at radius 1 is 1.00 bits per heavy atom. The molecule has 0 amide bonds. The Hall–Kier alpha value is -0.806. The Bertz CT molecular complexity index is 461. The van der Waals surface area contributed by atoms with Crippen molar-refractivity contribution in [1.29, 1.82) is 0 Å². The van der Waals surface area contributed by atoms with E-state index in [4.69, 9.17) is 4.43 Å². The fourth-order valence-electron chi connectivity index (χ4n) is 2.61. The molecule has 1 aliphatic rings. The lowest BCUT2D eigenvalue weighted by Gasteiger charge is -2.34. The van der Waals surface area contributed by atoms with Gasteiger partial charge in [0.2, 0.25) is 0 Å². The fourth-order valence-corrected chi connectivity index (χ4v) is 9.13. The second-order valence-electron chi connectivity index (χ2n) is 6.06. The smallest absolute Gasteiger partial charge is 0.276 e. The molecule has 0 unspecified atom stereocenters. The van der Waals surface area contributed by atoms with E-state index >= 15 is 0 Å². The summed E-state index contributed by atoms with van der Waals surface area (Å²) < 4.78 is 6.22. The van der Waals surface area contributed by atoms with Gasteiger partial charge < -0.3 is 4.43 Å². The summed E-state index contributed by atoms with van der Waals surface area (Å²) in [6, 6.07) is 10.1. The third-order valence-corrected chi connectivity index (χ3v) is 9.56. The molecule has 0 radical (unpaired) electrons. The van der Waals surface area contributed by atoms with Crippen molar-refractivity contribution >= 4 is 26.8 Å². The Kier molecular flexibility index (Phi) is 3.08. The third kappa shape index (κ3) is 2.40. The molecule has 0 saturated carbocycles. The lowest BCUT2D eigenvalue weighted by Crippen LogP contribution is -2.60. The van der Waals surface area contributed by atoms with E-state index in [0.717, 1.165) is 5.76 Å². The zero-order valence-electron chi connectivity index (χ0n) is 11.5. The molecule has 17 heavy (non-hydrogen) atoms. The molecule has 92 valence electrons. The van der Waals surface area contributed by atoms with Crippen molar-refractivity contribution in [2.75, 3.05) is 0 Å². The van der Waals surface area contributed by atoms with Crippen LogP contribution >= 0.6 is 0 Å². The maximum atomic E-state index is 6.22. The number of hydrogen-bond acceptors (Lipinski definition) is 1. The van der Waals surface area contributed by atoms with Gasteiger partial charge in [-0.25, -0.2) is 0 Å². The summed E-state index contributed by atoms with van der Waals surface area (Å²) in [6.07, 6.45) is 2.30. The normalized spacial score (nSPS) is 21.6. The Balaban J connectivity index is 2.63. The lowest BCUT2D eigenvalue weighted by atomic mass is 10.4. The predicted molar refractivity (Wildman–Crippen MR) is 80.3 cm³/mol. The summed E-state index contributed by atoms with van der Waals surface area (Å²) in [6.45, 7) is 11.6. The quantitative estimate of drug-likeness (QED) is 0.653. The fraction of sp³-hybridized carbons (Fsp3) is 0.429. The van der Waals surface area contributed by atoms with Gasteiger partial charge in [-0.1, -0.05) is 48.6 Å². The van der Waals surface area contributed by atoms with E-state index in [1.807, 2.05) is 0 Å². The molecule has 1 heterocycles. The molecular weight excluding hydrogens is 240 g/mol. The number of allylic oxidation sites excluding steroid dienone is 2. The molecule has 0 spiro atoms. The molecule has 0 aromatic heterocycles. The number of rotatable bonds is 0.